The highest BCUT2D eigenvalue weighted by atomic mass is 79.9. The molecular formula is C19H16BrPS. The molecule has 110 valence electrons. The van der Waals surface area contributed by atoms with Crippen LogP contribution in [0.3, 0.4) is 0 Å². The summed E-state index contributed by atoms with van der Waals surface area (Å²) in [4.78, 5) is 0. The predicted molar refractivity (Wildman–Crippen MR) is 104 cm³/mol. The molecule has 0 saturated heterocycles. The van der Waals surface area contributed by atoms with E-state index in [0.717, 1.165) is 10.6 Å². The maximum absolute atomic E-state index is 6.25. The number of benzene rings is 3. The van der Waals surface area contributed by atoms with E-state index in [9.17, 15) is 0 Å². The minimum atomic E-state index is -1.84. The van der Waals surface area contributed by atoms with Crippen molar-refractivity contribution in [2.45, 2.75) is 6.16 Å². The molecule has 0 bridgehead atoms. The normalized spacial score (nSPS) is 11.3. The number of hydrogen-bond acceptors (Lipinski definition) is 1. The van der Waals surface area contributed by atoms with E-state index >= 15 is 0 Å². The molecule has 0 nitrogen and oxygen atoms in total. The highest BCUT2D eigenvalue weighted by Crippen LogP contribution is 2.47. The minimum Gasteiger partial charge on any atom is -0.0873 e. The molecule has 0 saturated carbocycles. The third-order valence-corrected chi connectivity index (χ3v) is 8.92. The van der Waals surface area contributed by atoms with Crippen molar-refractivity contribution in [2.75, 3.05) is 0 Å². The van der Waals surface area contributed by atoms with Crippen molar-refractivity contribution in [3.63, 3.8) is 0 Å². The van der Waals surface area contributed by atoms with Crippen LogP contribution in [0.5, 0.6) is 0 Å². The summed E-state index contributed by atoms with van der Waals surface area (Å²) >= 11 is 9.75. The van der Waals surface area contributed by atoms with Crippen molar-refractivity contribution in [1.82, 2.24) is 0 Å². The molecule has 0 heterocycles. The van der Waals surface area contributed by atoms with Crippen molar-refractivity contribution in [2.24, 2.45) is 0 Å². The first-order chi connectivity index (χ1) is 10.7. The van der Waals surface area contributed by atoms with Gasteiger partial charge in [0, 0.05) is 16.7 Å². The summed E-state index contributed by atoms with van der Waals surface area (Å²) in [6.07, 6.45) is 0.906. The molecule has 0 aliphatic rings. The van der Waals surface area contributed by atoms with E-state index < -0.39 is 6.04 Å². The Morgan fingerprint density at radius 1 is 0.682 bits per heavy atom. The lowest BCUT2D eigenvalue weighted by atomic mass is 10.2. The number of hydrogen-bond donors (Lipinski definition) is 0. The Hall–Kier alpha value is -1.21. The summed E-state index contributed by atoms with van der Waals surface area (Å²) in [6.45, 7) is 0. The molecule has 0 aromatic heterocycles. The molecule has 3 rings (SSSR count). The van der Waals surface area contributed by atoms with E-state index in [2.05, 4.69) is 88.7 Å². The summed E-state index contributed by atoms with van der Waals surface area (Å²) in [5, 5.41) is 2.55. The van der Waals surface area contributed by atoms with E-state index in [1.54, 1.807) is 0 Å². The summed E-state index contributed by atoms with van der Waals surface area (Å²) in [5.41, 5.74) is 1.29. The average Bonchev–Trinajstić information content (AvgIpc) is 2.58. The van der Waals surface area contributed by atoms with Crippen LogP contribution in [-0.2, 0) is 18.0 Å². The Balaban J connectivity index is 2.08. The van der Waals surface area contributed by atoms with E-state index in [4.69, 9.17) is 11.8 Å². The molecule has 0 fully saturated rings. The van der Waals surface area contributed by atoms with Crippen LogP contribution in [0.25, 0.3) is 0 Å². The summed E-state index contributed by atoms with van der Waals surface area (Å²) in [6, 6.07) is 27.8. The van der Waals surface area contributed by atoms with Crippen LogP contribution in [-0.4, -0.2) is 0 Å². The monoisotopic (exact) mass is 386 g/mol. The standard InChI is InChI=1S/C19H16BrPS/c20-17-13-11-16(12-14-17)15-21(22,18-7-3-1-4-8-18)19-9-5-2-6-10-19/h1-14H,15H2. The fraction of sp³-hybridized carbons (Fsp3) is 0.0526. The maximum atomic E-state index is 6.25. The molecule has 0 N–H and O–H groups in total. The van der Waals surface area contributed by atoms with Crippen LogP contribution in [0.1, 0.15) is 5.56 Å². The Labute approximate surface area is 145 Å². The average molecular weight is 387 g/mol. The van der Waals surface area contributed by atoms with Gasteiger partial charge in [-0.1, -0.05) is 101 Å². The summed E-state index contributed by atoms with van der Waals surface area (Å²) < 4.78 is 1.10. The highest BCUT2D eigenvalue weighted by molar-refractivity contribution is 9.10. The zero-order chi connectivity index (χ0) is 15.4. The molecular weight excluding hydrogens is 371 g/mol. The molecule has 3 heteroatoms. The second-order valence-electron chi connectivity index (χ2n) is 5.20. The zero-order valence-corrected chi connectivity index (χ0v) is 15.3. The van der Waals surface area contributed by atoms with E-state index in [0.29, 0.717) is 0 Å². The fourth-order valence-corrected chi connectivity index (χ4v) is 6.65. The van der Waals surface area contributed by atoms with Gasteiger partial charge >= 0.3 is 0 Å². The number of rotatable bonds is 4. The molecule has 0 unspecified atom stereocenters. The van der Waals surface area contributed by atoms with Crippen molar-refractivity contribution < 1.29 is 0 Å². The fourth-order valence-electron chi connectivity index (χ4n) is 2.52. The van der Waals surface area contributed by atoms with Crippen molar-refractivity contribution >= 4 is 44.4 Å². The first kappa shape index (κ1) is 15.7. The minimum absolute atomic E-state index is 0.906. The van der Waals surface area contributed by atoms with Crippen LogP contribution in [0.4, 0.5) is 0 Å². The van der Waals surface area contributed by atoms with Crippen LogP contribution >= 0.6 is 22.0 Å². The van der Waals surface area contributed by atoms with E-state index in [-0.39, 0.29) is 0 Å². The lowest BCUT2D eigenvalue weighted by Crippen LogP contribution is -2.17. The van der Waals surface area contributed by atoms with Gasteiger partial charge in [0.05, 0.1) is 0 Å². The van der Waals surface area contributed by atoms with Crippen LogP contribution in [0, 0.1) is 0 Å². The van der Waals surface area contributed by atoms with Crippen LogP contribution in [0.2, 0.25) is 0 Å². The third-order valence-electron chi connectivity index (χ3n) is 3.67. The molecule has 0 amide bonds. The highest BCUT2D eigenvalue weighted by Gasteiger charge is 2.22. The van der Waals surface area contributed by atoms with Gasteiger partial charge in [0.25, 0.3) is 0 Å². The van der Waals surface area contributed by atoms with E-state index in [1.807, 2.05) is 12.1 Å². The van der Waals surface area contributed by atoms with Gasteiger partial charge in [-0.15, -0.1) is 0 Å². The molecule has 0 radical (unpaired) electrons. The largest absolute Gasteiger partial charge is 0.0873 e. The van der Waals surface area contributed by atoms with E-state index in [1.165, 1.54) is 16.2 Å². The van der Waals surface area contributed by atoms with Gasteiger partial charge in [0.2, 0.25) is 0 Å². The van der Waals surface area contributed by atoms with Crippen molar-refractivity contribution in [3.8, 4) is 0 Å². The van der Waals surface area contributed by atoms with Crippen molar-refractivity contribution in [3.05, 3.63) is 95.0 Å². The second-order valence-corrected chi connectivity index (χ2v) is 10.8. The summed E-state index contributed by atoms with van der Waals surface area (Å²) in [5.74, 6) is 0. The SMILES string of the molecule is S=P(Cc1ccc(Br)cc1)(c1ccccc1)c1ccccc1. The Morgan fingerprint density at radius 2 is 1.14 bits per heavy atom. The van der Waals surface area contributed by atoms with Gasteiger partial charge in [0.15, 0.2) is 0 Å². The molecule has 0 aliphatic carbocycles. The second kappa shape index (κ2) is 6.91. The van der Waals surface area contributed by atoms with Gasteiger partial charge in [-0.05, 0) is 28.3 Å². The zero-order valence-electron chi connectivity index (χ0n) is 12.0. The van der Waals surface area contributed by atoms with Crippen LogP contribution < -0.4 is 10.6 Å². The van der Waals surface area contributed by atoms with Gasteiger partial charge < -0.3 is 0 Å². The lowest BCUT2D eigenvalue weighted by molar-refractivity contribution is 1.39. The predicted octanol–water partition coefficient (Wildman–Crippen LogP) is 5.08. The van der Waals surface area contributed by atoms with Gasteiger partial charge in [-0.3, -0.25) is 0 Å². The van der Waals surface area contributed by atoms with Gasteiger partial charge in [-0.25, -0.2) is 0 Å². The van der Waals surface area contributed by atoms with Gasteiger partial charge in [0.1, 0.15) is 0 Å². The molecule has 0 atom stereocenters. The lowest BCUT2D eigenvalue weighted by Gasteiger charge is -2.23. The summed E-state index contributed by atoms with van der Waals surface area (Å²) in [7, 11) is 0. The first-order valence-corrected chi connectivity index (χ1v) is 10.9. The molecule has 3 aromatic rings. The third kappa shape index (κ3) is 3.41. The Kier molecular flexibility index (Phi) is 4.93. The number of halogens is 1. The molecule has 22 heavy (non-hydrogen) atoms. The Morgan fingerprint density at radius 3 is 1.59 bits per heavy atom. The molecule has 3 aromatic carbocycles. The molecule has 0 spiro atoms. The maximum Gasteiger partial charge on any atom is 0.0175 e. The first-order valence-electron chi connectivity index (χ1n) is 7.13. The topological polar surface area (TPSA) is 0 Å². The smallest absolute Gasteiger partial charge is 0.0175 e. The van der Waals surface area contributed by atoms with Gasteiger partial charge in [-0.2, -0.15) is 0 Å². The molecule has 0 aliphatic heterocycles. The van der Waals surface area contributed by atoms with Crippen LogP contribution in [0.15, 0.2) is 89.4 Å². The quantitative estimate of drug-likeness (QED) is 0.563. The van der Waals surface area contributed by atoms with Crippen molar-refractivity contribution in [1.29, 1.82) is 0 Å². The Bertz CT molecular complexity index is 739.